The maximum absolute atomic E-state index is 12.1. The van der Waals surface area contributed by atoms with E-state index >= 15 is 0 Å². The number of methoxy groups -OCH3 is 1. The van der Waals surface area contributed by atoms with E-state index in [9.17, 15) is 15.0 Å². The van der Waals surface area contributed by atoms with Crippen molar-refractivity contribution in [2.45, 2.75) is 45.5 Å². The zero-order valence-corrected chi connectivity index (χ0v) is 15.9. The van der Waals surface area contributed by atoms with Gasteiger partial charge in [-0.05, 0) is 32.4 Å². The second-order valence-corrected chi connectivity index (χ2v) is 7.00. The molecule has 0 fully saturated rings. The highest BCUT2D eigenvalue weighted by molar-refractivity contribution is 5.95. The first kappa shape index (κ1) is 19.3. The predicted molar refractivity (Wildman–Crippen MR) is 97.7 cm³/mol. The minimum Gasteiger partial charge on any atom is -0.496 e. The van der Waals surface area contributed by atoms with Gasteiger partial charge in [-0.3, -0.25) is 0 Å². The van der Waals surface area contributed by atoms with Crippen LogP contribution in [0.3, 0.4) is 0 Å². The number of hydrogen-bond acceptors (Lipinski definition) is 7. The Morgan fingerprint density at radius 2 is 2.11 bits per heavy atom. The van der Waals surface area contributed by atoms with Crippen molar-refractivity contribution in [3.8, 4) is 17.2 Å². The van der Waals surface area contributed by atoms with Crippen molar-refractivity contribution in [3.63, 3.8) is 0 Å². The van der Waals surface area contributed by atoms with E-state index in [2.05, 4.69) is 6.58 Å². The predicted octanol–water partition coefficient (Wildman–Crippen LogP) is 2.11. The fourth-order valence-electron chi connectivity index (χ4n) is 3.33. The lowest BCUT2D eigenvalue weighted by Gasteiger charge is -2.26. The van der Waals surface area contributed by atoms with Gasteiger partial charge in [0.2, 0.25) is 5.76 Å². The van der Waals surface area contributed by atoms with Gasteiger partial charge in [0, 0.05) is 12.0 Å². The van der Waals surface area contributed by atoms with Gasteiger partial charge in [-0.15, -0.1) is 0 Å². The van der Waals surface area contributed by atoms with Crippen molar-refractivity contribution < 1.29 is 34.0 Å². The average Bonchev–Trinajstić information content (AvgIpc) is 3.05. The first-order valence-electron chi connectivity index (χ1n) is 8.74. The summed E-state index contributed by atoms with van der Waals surface area (Å²) < 4.78 is 22.3. The van der Waals surface area contributed by atoms with Crippen molar-refractivity contribution in [1.29, 1.82) is 0 Å². The summed E-state index contributed by atoms with van der Waals surface area (Å²) >= 11 is 0. The molecular weight excluding hydrogens is 352 g/mol. The van der Waals surface area contributed by atoms with E-state index in [1.54, 1.807) is 20.8 Å². The first-order valence-corrected chi connectivity index (χ1v) is 8.74. The van der Waals surface area contributed by atoms with Crippen molar-refractivity contribution >= 4 is 11.5 Å². The SMILES string of the molecule is C=C1C=C(C(=O)OCC)Oc2c(CO)c3c(c(OC)c21)C[C@@H](C(C)(C)O)O3. The molecule has 1 atom stereocenters. The smallest absolute Gasteiger partial charge is 0.374 e. The van der Waals surface area contributed by atoms with Crippen LogP contribution < -0.4 is 14.2 Å². The van der Waals surface area contributed by atoms with Gasteiger partial charge in [-0.2, -0.15) is 0 Å². The maximum atomic E-state index is 12.1. The van der Waals surface area contributed by atoms with Crippen LogP contribution in [0, 0.1) is 0 Å². The molecule has 7 heteroatoms. The molecule has 0 amide bonds. The van der Waals surface area contributed by atoms with E-state index in [1.807, 2.05) is 0 Å². The quantitative estimate of drug-likeness (QED) is 0.760. The Bertz CT molecular complexity index is 830. The molecule has 2 N–H and O–H groups in total. The van der Waals surface area contributed by atoms with E-state index in [0.717, 1.165) is 5.56 Å². The number of carbonyl (C=O) groups is 1. The van der Waals surface area contributed by atoms with Gasteiger partial charge in [-0.1, -0.05) is 6.58 Å². The summed E-state index contributed by atoms with van der Waals surface area (Å²) in [5.41, 5.74) is 1.06. The number of esters is 1. The Labute approximate surface area is 157 Å². The van der Waals surface area contributed by atoms with Crippen LogP contribution >= 0.6 is 0 Å². The first-order chi connectivity index (χ1) is 12.7. The lowest BCUT2D eigenvalue weighted by atomic mass is 9.91. The molecule has 2 aliphatic rings. The van der Waals surface area contributed by atoms with E-state index < -0.39 is 17.7 Å². The molecule has 0 saturated heterocycles. The Hall–Kier alpha value is -2.51. The highest BCUT2D eigenvalue weighted by Crippen LogP contribution is 2.52. The highest BCUT2D eigenvalue weighted by atomic mass is 16.6. The molecule has 2 aliphatic heterocycles. The third kappa shape index (κ3) is 3.17. The van der Waals surface area contributed by atoms with Gasteiger partial charge in [0.25, 0.3) is 0 Å². The van der Waals surface area contributed by atoms with Gasteiger partial charge in [0.1, 0.15) is 23.4 Å². The Kier molecular flexibility index (Phi) is 4.92. The van der Waals surface area contributed by atoms with Crippen LogP contribution in [-0.4, -0.2) is 41.6 Å². The summed E-state index contributed by atoms with van der Waals surface area (Å²) in [6, 6.07) is 0. The van der Waals surface area contributed by atoms with Crippen LogP contribution in [0.1, 0.15) is 37.5 Å². The largest absolute Gasteiger partial charge is 0.496 e. The Balaban J connectivity index is 2.16. The van der Waals surface area contributed by atoms with Crippen LogP contribution in [0.5, 0.6) is 17.2 Å². The lowest BCUT2D eigenvalue weighted by Crippen LogP contribution is -2.39. The average molecular weight is 376 g/mol. The van der Waals surface area contributed by atoms with Crippen molar-refractivity contribution in [2.75, 3.05) is 13.7 Å². The summed E-state index contributed by atoms with van der Waals surface area (Å²) in [7, 11) is 1.52. The summed E-state index contributed by atoms with van der Waals surface area (Å²) in [6.07, 6.45) is 1.38. The fourth-order valence-corrected chi connectivity index (χ4v) is 3.33. The zero-order valence-electron chi connectivity index (χ0n) is 15.9. The van der Waals surface area contributed by atoms with Gasteiger partial charge >= 0.3 is 5.97 Å². The number of rotatable bonds is 5. The zero-order chi connectivity index (χ0) is 19.9. The molecule has 0 bridgehead atoms. The molecule has 27 heavy (non-hydrogen) atoms. The summed E-state index contributed by atoms with van der Waals surface area (Å²) in [5.74, 6) is 0.498. The number of aliphatic hydroxyl groups excluding tert-OH is 1. The third-order valence-electron chi connectivity index (χ3n) is 4.67. The molecule has 0 spiro atoms. The van der Waals surface area contributed by atoms with Gasteiger partial charge in [0.15, 0.2) is 0 Å². The molecule has 7 nitrogen and oxygen atoms in total. The summed E-state index contributed by atoms with van der Waals surface area (Å²) in [5, 5.41) is 20.4. The normalized spacial score (nSPS) is 18.1. The Morgan fingerprint density at radius 1 is 1.41 bits per heavy atom. The molecule has 1 aromatic rings. The van der Waals surface area contributed by atoms with Gasteiger partial charge < -0.3 is 29.2 Å². The number of hydrogen-bond donors (Lipinski definition) is 2. The molecule has 0 aromatic heterocycles. The Morgan fingerprint density at radius 3 is 2.67 bits per heavy atom. The number of carbonyl (C=O) groups excluding carboxylic acids is 1. The molecule has 0 aliphatic carbocycles. The van der Waals surface area contributed by atoms with Crippen LogP contribution in [0.2, 0.25) is 0 Å². The van der Waals surface area contributed by atoms with Crippen LogP contribution in [0.4, 0.5) is 0 Å². The maximum Gasteiger partial charge on any atom is 0.374 e. The molecule has 0 saturated carbocycles. The molecule has 2 heterocycles. The summed E-state index contributed by atoms with van der Waals surface area (Å²) in [6.45, 7) is 8.85. The van der Waals surface area contributed by atoms with Crippen LogP contribution in [0.15, 0.2) is 18.4 Å². The topological polar surface area (TPSA) is 94.5 Å². The number of ether oxygens (including phenoxy) is 4. The number of benzene rings is 1. The van der Waals surface area contributed by atoms with Crippen LogP contribution in [-0.2, 0) is 22.6 Å². The van der Waals surface area contributed by atoms with E-state index in [-0.39, 0.29) is 24.7 Å². The van der Waals surface area contributed by atoms with Gasteiger partial charge in [0.05, 0.1) is 37.1 Å². The third-order valence-corrected chi connectivity index (χ3v) is 4.67. The molecule has 0 radical (unpaired) electrons. The van der Waals surface area contributed by atoms with Crippen molar-refractivity contribution in [1.82, 2.24) is 0 Å². The van der Waals surface area contributed by atoms with Gasteiger partial charge in [-0.25, -0.2) is 4.79 Å². The molecular formula is C20H24O7. The number of fused-ring (bicyclic) bond motifs is 2. The van der Waals surface area contributed by atoms with E-state index in [1.165, 1.54) is 13.2 Å². The molecule has 0 unspecified atom stereocenters. The second-order valence-electron chi connectivity index (χ2n) is 7.00. The highest BCUT2D eigenvalue weighted by Gasteiger charge is 2.41. The van der Waals surface area contributed by atoms with Crippen molar-refractivity contribution in [3.05, 3.63) is 35.1 Å². The fraction of sp³-hybridized carbons (Fsp3) is 0.450. The van der Waals surface area contributed by atoms with Crippen molar-refractivity contribution in [2.24, 2.45) is 0 Å². The summed E-state index contributed by atoms with van der Waals surface area (Å²) in [4.78, 5) is 12.1. The molecule has 146 valence electrons. The standard InChI is InChI=1S/C20H24O7/c1-6-25-19(22)13-7-10(2)15-17(24-5)11-8-14(20(3,4)23)27-16(11)12(9-21)18(15)26-13/h7,14,21,23H,2,6,8-9H2,1,3-5H3/t14-/m0/s1. The minimum absolute atomic E-state index is 0.0249. The number of aliphatic hydroxyl groups is 2. The molecule has 3 rings (SSSR count). The number of allylic oxidation sites excluding steroid dienone is 2. The lowest BCUT2D eigenvalue weighted by molar-refractivity contribution is -0.141. The van der Waals surface area contributed by atoms with E-state index in [4.69, 9.17) is 18.9 Å². The van der Waals surface area contributed by atoms with E-state index in [0.29, 0.717) is 34.6 Å². The van der Waals surface area contributed by atoms with Crippen LogP contribution in [0.25, 0.3) is 5.57 Å². The second kappa shape index (κ2) is 6.90. The molecule has 1 aromatic carbocycles. The monoisotopic (exact) mass is 376 g/mol. The minimum atomic E-state index is -1.09.